The highest BCUT2D eigenvalue weighted by Gasteiger charge is 2.18. The molecular formula is C62H36N2S. The third-order valence-corrected chi connectivity index (χ3v) is 14.7. The Morgan fingerprint density at radius 3 is 1.46 bits per heavy atom. The summed E-state index contributed by atoms with van der Waals surface area (Å²) in [5.41, 5.74) is 9.65. The van der Waals surface area contributed by atoms with Crippen molar-refractivity contribution in [1.82, 2.24) is 9.97 Å². The lowest BCUT2D eigenvalue weighted by atomic mass is 9.86. The van der Waals surface area contributed by atoms with Crippen molar-refractivity contribution >= 4 is 96.1 Å². The molecule has 0 unspecified atom stereocenters. The van der Waals surface area contributed by atoms with Gasteiger partial charge in [0.15, 0.2) is 5.82 Å². The zero-order valence-corrected chi connectivity index (χ0v) is 35.9. The molecule has 65 heavy (non-hydrogen) atoms. The third kappa shape index (κ3) is 5.73. The molecule has 2 nitrogen and oxygen atoms in total. The van der Waals surface area contributed by atoms with Crippen LogP contribution in [0.2, 0.25) is 0 Å². The monoisotopic (exact) mass is 840 g/mol. The van der Waals surface area contributed by atoms with Crippen LogP contribution in [0.15, 0.2) is 218 Å². The SMILES string of the molecule is c1ccc(-c2nc(-c3ccc(-c4cccc(-c5cc6ccc7cccc8c9cccc%10ccc%11cccc(c(c5)c6c78)c%11c%109)c4)cc3)cc(-c3ccc4c(c3)sc3ccccc34)n2)cc1. The van der Waals surface area contributed by atoms with Crippen LogP contribution in [0.25, 0.3) is 141 Å². The molecule has 0 saturated heterocycles. The maximum absolute atomic E-state index is 5.16. The Morgan fingerprint density at radius 2 is 0.754 bits per heavy atom. The maximum Gasteiger partial charge on any atom is 0.160 e. The number of thiophene rings is 1. The Bertz CT molecular complexity index is 4220. The van der Waals surface area contributed by atoms with E-state index in [-0.39, 0.29) is 0 Å². The lowest BCUT2D eigenvalue weighted by Gasteiger charge is -2.17. The van der Waals surface area contributed by atoms with Gasteiger partial charge >= 0.3 is 0 Å². The van der Waals surface area contributed by atoms with Crippen molar-refractivity contribution < 1.29 is 0 Å². The van der Waals surface area contributed by atoms with E-state index in [0.29, 0.717) is 5.82 Å². The molecule has 300 valence electrons. The van der Waals surface area contributed by atoms with Gasteiger partial charge in [0.2, 0.25) is 0 Å². The van der Waals surface area contributed by atoms with Crippen molar-refractivity contribution in [2.45, 2.75) is 0 Å². The van der Waals surface area contributed by atoms with Gasteiger partial charge in [-0.3, -0.25) is 0 Å². The van der Waals surface area contributed by atoms with E-state index in [9.17, 15) is 0 Å². The highest BCUT2D eigenvalue weighted by Crippen LogP contribution is 2.45. The minimum atomic E-state index is 0.716. The Balaban J connectivity index is 0.891. The van der Waals surface area contributed by atoms with Gasteiger partial charge in [-0.25, -0.2) is 9.97 Å². The molecule has 0 atom stereocenters. The zero-order valence-electron chi connectivity index (χ0n) is 35.1. The molecule has 0 aliphatic carbocycles. The quantitative estimate of drug-likeness (QED) is 0.161. The maximum atomic E-state index is 5.16. The van der Waals surface area contributed by atoms with Crippen molar-refractivity contribution in [3.63, 3.8) is 0 Å². The van der Waals surface area contributed by atoms with Crippen molar-refractivity contribution in [3.05, 3.63) is 218 Å². The van der Waals surface area contributed by atoms with Gasteiger partial charge in [-0.2, -0.15) is 0 Å². The van der Waals surface area contributed by atoms with Crippen LogP contribution in [0, 0.1) is 0 Å². The molecule has 0 amide bonds. The first-order valence-electron chi connectivity index (χ1n) is 22.2. The molecule has 0 radical (unpaired) electrons. The Labute approximate surface area is 378 Å². The van der Waals surface area contributed by atoms with Gasteiger partial charge in [-0.15, -0.1) is 11.3 Å². The summed E-state index contributed by atoms with van der Waals surface area (Å²) in [5.74, 6) is 0.716. The summed E-state index contributed by atoms with van der Waals surface area (Å²) in [4.78, 5) is 10.3. The number of benzene rings is 11. The molecular weight excluding hydrogens is 805 g/mol. The van der Waals surface area contributed by atoms with Gasteiger partial charge < -0.3 is 0 Å². The molecule has 0 aliphatic heterocycles. The predicted octanol–water partition coefficient (Wildman–Crippen LogP) is 17.5. The van der Waals surface area contributed by atoms with Gasteiger partial charge in [-0.05, 0) is 123 Å². The molecule has 0 N–H and O–H groups in total. The van der Waals surface area contributed by atoms with E-state index in [1.54, 1.807) is 0 Å². The fourth-order valence-corrected chi connectivity index (χ4v) is 11.7. The lowest BCUT2D eigenvalue weighted by molar-refractivity contribution is 1.18. The predicted molar refractivity (Wildman–Crippen MR) is 278 cm³/mol. The second-order valence-electron chi connectivity index (χ2n) is 17.3. The van der Waals surface area contributed by atoms with E-state index < -0.39 is 0 Å². The van der Waals surface area contributed by atoms with Gasteiger partial charge in [0.05, 0.1) is 11.4 Å². The van der Waals surface area contributed by atoms with Gasteiger partial charge in [0.1, 0.15) is 0 Å². The zero-order chi connectivity index (χ0) is 42.6. The number of rotatable bonds is 5. The van der Waals surface area contributed by atoms with Crippen LogP contribution in [0.1, 0.15) is 0 Å². The molecule has 2 heterocycles. The van der Waals surface area contributed by atoms with E-state index in [1.165, 1.54) is 101 Å². The summed E-state index contributed by atoms with van der Waals surface area (Å²) < 4.78 is 2.56. The molecule has 12 aromatic carbocycles. The Hall–Kier alpha value is -8.24. The number of hydrogen-bond donors (Lipinski definition) is 0. The first-order valence-corrected chi connectivity index (χ1v) is 23.0. The summed E-state index contributed by atoms with van der Waals surface area (Å²) >= 11 is 1.83. The van der Waals surface area contributed by atoms with Crippen molar-refractivity contribution in [1.29, 1.82) is 0 Å². The third-order valence-electron chi connectivity index (χ3n) is 13.6. The normalized spacial score (nSPS) is 12.0. The average Bonchev–Trinajstić information content (AvgIpc) is 3.75. The van der Waals surface area contributed by atoms with Gasteiger partial charge in [-0.1, -0.05) is 182 Å². The second-order valence-corrected chi connectivity index (χ2v) is 18.3. The molecule has 0 bridgehead atoms. The molecule has 2 aromatic heterocycles. The van der Waals surface area contributed by atoms with Crippen LogP contribution in [0.3, 0.4) is 0 Å². The topological polar surface area (TPSA) is 25.8 Å². The molecule has 3 heteroatoms. The molecule has 14 rings (SSSR count). The van der Waals surface area contributed by atoms with Crippen LogP contribution in [-0.2, 0) is 0 Å². The van der Waals surface area contributed by atoms with Crippen molar-refractivity contribution in [2.24, 2.45) is 0 Å². The number of fused-ring (bicyclic) bond motifs is 5. The lowest BCUT2D eigenvalue weighted by Crippen LogP contribution is -1.96. The standard InChI is InChI=1S/C62H36N2S/c1-2-10-42(11-3-1)62-63-54(36-55(64-62)45-30-31-49-48-17-4-5-21-56(48)65-57(49)35-45)38-24-22-37(23-25-38)43-15-6-16-44(32-43)47-33-46-29-28-41-13-8-19-51-50-18-7-12-39-26-27-40-14-9-20-52(60(40)58(39)50)53(34-47)61(46)59(41)51/h1-36H. The Kier molecular flexibility index (Phi) is 7.89. The minimum absolute atomic E-state index is 0.716. The van der Waals surface area contributed by atoms with Gasteiger partial charge in [0.25, 0.3) is 0 Å². The number of nitrogens with zero attached hydrogens (tertiary/aromatic N) is 2. The van der Waals surface area contributed by atoms with Crippen LogP contribution >= 0.6 is 11.3 Å². The summed E-state index contributed by atoms with van der Waals surface area (Å²) in [6.07, 6.45) is 0. The van der Waals surface area contributed by atoms with Crippen LogP contribution in [0.4, 0.5) is 0 Å². The fourth-order valence-electron chi connectivity index (χ4n) is 10.5. The molecule has 0 saturated carbocycles. The van der Waals surface area contributed by atoms with E-state index in [2.05, 4.69) is 200 Å². The van der Waals surface area contributed by atoms with E-state index in [1.807, 2.05) is 29.5 Å². The summed E-state index contributed by atoms with van der Waals surface area (Å²) in [6.45, 7) is 0. The second kappa shape index (κ2) is 14.1. The van der Waals surface area contributed by atoms with E-state index in [4.69, 9.17) is 9.97 Å². The Morgan fingerprint density at radius 1 is 0.246 bits per heavy atom. The molecule has 0 spiro atoms. The molecule has 0 aliphatic rings. The minimum Gasteiger partial charge on any atom is -0.228 e. The van der Waals surface area contributed by atoms with E-state index >= 15 is 0 Å². The summed E-state index contributed by atoms with van der Waals surface area (Å²) in [6, 6.07) is 80.0. The van der Waals surface area contributed by atoms with Gasteiger partial charge in [0, 0.05) is 36.9 Å². The van der Waals surface area contributed by atoms with E-state index in [0.717, 1.165) is 33.6 Å². The first kappa shape index (κ1) is 36.3. The highest BCUT2D eigenvalue weighted by atomic mass is 32.1. The first-order chi connectivity index (χ1) is 32.2. The van der Waals surface area contributed by atoms with Crippen LogP contribution in [-0.4, -0.2) is 9.97 Å². The summed E-state index contributed by atoms with van der Waals surface area (Å²) in [5, 5.41) is 18.1. The summed E-state index contributed by atoms with van der Waals surface area (Å²) in [7, 11) is 0. The molecule has 0 fully saturated rings. The fraction of sp³-hybridized carbons (Fsp3) is 0. The smallest absolute Gasteiger partial charge is 0.160 e. The van der Waals surface area contributed by atoms with Crippen LogP contribution in [0.5, 0.6) is 0 Å². The van der Waals surface area contributed by atoms with Crippen molar-refractivity contribution in [2.75, 3.05) is 0 Å². The average molecular weight is 841 g/mol. The largest absolute Gasteiger partial charge is 0.228 e. The number of aromatic nitrogens is 2. The van der Waals surface area contributed by atoms with Crippen molar-refractivity contribution in [3.8, 4) is 56.2 Å². The number of hydrogen-bond acceptors (Lipinski definition) is 3. The highest BCUT2D eigenvalue weighted by molar-refractivity contribution is 7.25. The molecule has 14 aromatic rings. The van der Waals surface area contributed by atoms with Crippen LogP contribution < -0.4 is 0 Å².